The molecular weight excluding hydrogens is 457 g/mol. The van der Waals surface area contributed by atoms with Crippen molar-refractivity contribution in [2.45, 2.75) is 27.2 Å². The molecule has 3 nitrogen and oxygen atoms in total. The van der Waals surface area contributed by atoms with Crippen molar-refractivity contribution in [2.24, 2.45) is 5.92 Å². The molecule has 5 rings (SSSR count). The molecule has 0 saturated carbocycles. The van der Waals surface area contributed by atoms with Gasteiger partial charge in [-0.1, -0.05) is 42.0 Å². The van der Waals surface area contributed by atoms with Gasteiger partial charge in [0.2, 0.25) is 5.78 Å². The van der Waals surface area contributed by atoms with Gasteiger partial charge in [-0.05, 0) is 67.6 Å². The first-order valence-corrected chi connectivity index (χ1v) is 12.9. The van der Waals surface area contributed by atoms with E-state index in [2.05, 4.69) is 41.3 Å². The molecule has 1 aliphatic rings. The molecule has 35 heavy (non-hydrogen) atoms. The fourth-order valence-electron chi connectivity index (χ4n) is 5.27. The Morgan fingerprint density at radius 3 is 2.37 bits per heavy atom. The van der Waals surface area contributed by atoms with Gasteiger partial charge in [-0.3, -0.25) is 9.18 Å². The second-order valence-electron chi connectivity index (χ2n) is 9.82. The summed E-state index contributed by atoms with van der Waals surface area (Å²) >= 11 is 1.44. The molecule has 0 radical (unpaired) electrons. The van der Waals surface area contributed by atoms with Gasteiger partial charge in [-0.15, -0.1) is 11.3 Å². The van der Waals surface area contributed by atoms with Crippen LogP contribution in [0.15, 0.2) is 54.6 Å². The zero-order valence-corrected chi connectivity index (χ0v) is 21.2. The summed E-state index contributed by atoms with van der Waals surface area (Å²) in [7, 11) is 0. The molecule has 0 atom stereocenters. The van der Waals surface area contributed by atoms with E-state index in [1.807, 2.05) is 26.8 Å². The molecule has 1 fully saturated rings. The molecule has 0 spiro atoms. The Bertz CT molecular complexity index is 1380. The predicted molar refractivity (Wildman–Crippen MR) is 143 cm³/mol. The van der Waals surface area contributed by atoms with E-state index in [4.69, 9.17) is 0 Å². The van der Waals surface area contributed by atoms with Gasteiger partial charge < -0.3 is 10.0 Å². The Balaban J connectivity index is 1.50. The Kier molecular flexibility index (Phi) is 6.47. The van der Waals surface area contributed by atoms with Gasteiger partial charge in [-0.2, -0.15) is 0 Å². The molecule has 0 aliphatic carbocycles. The average molecular weight is 488 g/mol. The third kappa shape index (κ3) is 4.63. The molecule has 2 heterocycles. The lowest BCUT2D eigenvalue weighted by Gasteiger charge is -2.37. The average Bonchev–Trinajstić information content (AvgIpc) is 3.16. The van der Waals surface area contributed by atoms with E-state index in [-0.39, 0.29) is 24.1 Å². The number of hydrogen-bond donors (Lipinski definition) is 1. The monoisotopic (exact) mass is 487 g/mol. The van der Waals surface area contributed by atoms with Crippen molar-refractivity contribution >= 4 is 27.2 Å². The van der Waals surface area contributed by atoms with Gasteiger partial charge >= 0.3 is 0 Å². The Morgan fingerprint density at radius 1 is 1.03 bits per heavy atom. The summed E-state index contributed by atoms with van der Waals surface area (Å²) in [5, 5.41) is 11.0. The lowest BCUT2D eigenvalue weighted by Crippen LogP contribution is -2.48. The zero-order valence-electron chi connectivity index (χ0n) is 20.4. The summed E-state index contributed by atoms with van der Waals surface area (Å²) in [6.45, 7) is 8.46. The van der Waals surface area contributed by atoms with Crippen molar-refractivity contribution in [1.29, 1.82) is 0 Å². The summed E-state index contributed by atoms with van der Waals surface area (Å²) < 4.78 is 13.6. The normalized spacial score (nSPS) is 14.4. The lowest BCUT2D eigenvalue weighted by atomic mass is 9.92. The molecule has 0 amide bonds. The first-order chi connectivity index (χ1) is 16.8. The highest BCUT2D eigenvalue weighted by Gasteiger charge is 2.26. The highest BCUT2D eigenvalue weighted by atomic mass is 32.1. The number of aryl methyl sites for hydroxylation is 3. The van der Waals surface area contributed by atoms with Crippen LogP contribution < -0.4 is 0 Å². The fourth-order valence-corrected chi connectivity index (χ4v) is 6.47. The maximum atomic E-state index is 13.9. The van der Waals surface area contributed by atoms with Crippen LogP contribution in [0.1, 0.15) is 37.5 Å². The van der Waals surface area contributed by atoms with Crippen LogP contribution in [0.5, 0.6) is 5.75 Å². The number of hydrogen-bond acceptors (Lipinski definition) is 4. The number of halogens is 1. The van der Waals surface area contributed by atoms with Crippen LogP contribution in [0.3, 0.4) is 0 Å². The maximum Gasteiger partial charge on any atom is 0.204 e. The third-order valence-electron chi connectivity index (χ3n) is 6.99. The minimum absolute atomic E-state index is 0.0277. The van der Waals surface area contributed by atoms with Crippen LogP contribution in [-0.2, 0) is 6.42 Å². The number of aromatic hydroxyl groups is 1. The second-order valence-corrected chi connectivity index (χ2v) is 10.9. The van der Waals surface area contributed by atoms with Crippen LogP contribution in [0.4, 0.5) is 4.39 Å². The van der Waals surface area contributed by atoms with Crippen LogP contribution in [-0.4, -0.2) is 42.1 Å². The van der Waals surface area contributed by atoms with E-state index < -0.39 is 0 Å². The molecule has 1 N–H and O–H groups in total. The van der Waals surface area contributed by atoms with E-state index >= 15 is 0 Å². The number of alkyl halides is 1. The SMILES string of the molecule is Cc1cc(C)c(C(=O)c2sc3cc(O)ccc3c2-c2ccc(CCN3CC(CF)C3)cc2)c(C)c1. The number of carbonyl (C=O) groups excluding carboxylic acids is 1. The van der Waals surface area contributed by atoms with Crippen molar-refractivity contribution in [3.05, 3.63) is 87.3 Å². The number of nitrogens with zero attached hydrogens (tertiary/aromatic N) is 1. The van der Waals surface area contributed by atoms with E-state index in [1.165, 1.54) is 16.9 Å². The number of ketones is 1. The van der Waals surface area contributed by atoms with E-state index in [9.17, 15) is 14.3 Å². The minimum atomic E-state index is -0.222. The molecule has 1 saturated heterocycles. The van der Waals surface area contributed by atoms with Crippen molar-refractivity contribution in [1.82, 2.24) is 4.90 Å². The number of likely N-dealkylation sites (tertiary alicyclic amines) is 1. The first-order valence-electron chi connectivity index (χ1n) is 12.1. The predicted octanol–water partition coefficient (Wildman–Crippen LogP) is 6.87. The minimum Gasteiger partial charge on any atom is -0.508 e. The molecule has 0 bridgehead atoms. The quantitative estimate of drug-likeness (QED) is 0.289. The fraction of sp³-hybridized carbons (Fsp3) is 0.300. The summed E-state index contributed by atoms with van der Waals surface area (Å²) in [6.07, 6.45) is 0.922. The van der Waals surface area contributed by atoms with Crippen LogP contribution in [0, 0.1) is 26.7 Å². The molecule has 180 valence electrons. The number of thiophene rings is 1. The molecular formula is C30H30FNO2S. The van der Waals surface area contributed by atoms with E-state index in [0.29, 0.717) is 4.88 Å². The largest absolute Gasteiger partial charge is 0.508 e. The molecule has 5 heteroatoms. The number of rotatable bonds is 7. The standard InChI is InChI=1S/C30H30FNO2S/c1-18-12-19(2)27(20(3)13-18)29(34)30-28(25-9-8-24(33)14-26(25)35-30)23-6-4-21(5-7-23)10-11-32-16-22(15-31)17-32/h4-9,12-14,22,33H,10-11,15-17H2,1-3H3. The van der Waals surface area contributed by atoms with Gasteiger partial charge in [0.25, 0.3) is 0 Å². The lowest BCUT2D eigenvalue weighted by molar-refractivity contribution is 0.0824. The number of carbonyl (C=O) groups is 1. The first kappa shape index (κ1) is 23.7. The van der Waals surface area contributed by atoms with Crippen molar-refractivity contribution < 1.29 is 14.3 Å². The Hall–Kier alpha value is -3.02. The smallest absolute Gasteiger partial charge is 0.204 e. The zero-order chi connectivity index (χ0) is 24.7. The Morgan fingerprint density at radius 2 is 1.71 bits per heavy atom. The van der Waals surface area contributed by atoms with E-state index in [0.717, 1.165) is 69.5 Å². The number of fused-ring (bicyclic) bond motifs is 1. The van der Waals surface area contributed by atoms with Gasteiger partial charge in [0.05, 0.1) is 11.6 Å². The van der Waals surface area contributed by atoms with E-state index in [1.54, 1.807) is 12.1 Å². The second kappa shape index (κ2) is 9.56. The van der Waals surface area contributed by atoms with Gasteiger partial charge in [0, 0.05) is 46.8 Å². The van der Waals surface area contributed by atoms with Crippen LogP contribution in [0.25, 0.3) is 21.2 Å². The molecule has 0 unspecified atom stereocenters. The van der Waals surface area contributed by atoms with Crippen LogP contribution in [0.2, 0.25) is 0 Å². The summed E-state index contributed by atoms with van der Waals surface area (Å²) in [5.74, 6) is 0.434. The summed E-state index contributed by atoms with van der Waals surface area (Å²) in [6, 6.07) is 17.9. The topological polar surface area (TPSA) is 40.5 Å². The number of benzene rings is 3. The summed E-state index contributed by atoms with van der Waals surface area (Å²) in [4.78, 5) is 16.9. The number of phenols is 1. The van der Waals surface area contributed by atoms with Gasteiger partial charge in [0.15, 0.2) is 0 Å². The van der Waals surface area contributed by atoms with Crippen molar-refractivity contribution in [3.63, 3.8) is 0 Å². The molecule has 4 aromatic rings. The van der Waals surface area contributed by atoms with Crippen molar-refractivity contribution in [2.75, 3.05) is 26.3 Å². The number of phenolic OH excluding ortho intramolecular Hbond substituents is 1. The highest BCUT2D eigenvalue weighted by Crippen LogP contribution is 2.42. The molecule has 1 aromatic heterocycles. The highest BCUT2D eigenvalue weighted by molar-refractivity contribution is 7.21. The molecule has 1 aliphatic heterocycles. The third-order valence-corrected chi connectivity index (χ3v) is 8.15. The molecule has 3 aromatic carbocycles. The Labute approximate surface area is 209 Å². The van der Waals surface area contributed by atoms with Crippen molar-refractivity contribution in [3.8, 4) is 16.9 Å². The van der Waals surface area contributed by atoms with Gasteiger partial charge in [-0.25, -0.2) is 0 Å². The summed E-state index contributed by atoms with van der Waals surface area (Å²) in [5.41, 5.74) is 7.02. The maximum absolute atomic E-state index is 13.9. The van der Waals surface area contributed by atoms with Gasteiger partial charge in [0.1, 0.15) is 5.75 Å². The van der Waals surface area contributed by atoms with Crippen LogP contribution >= 0.6 is 11.3 Å².